The third-order valence-electron chi connectivity index (χ3n) is 3.37. The molecule has 2 atom stereocenters. The number of likely N-dealkylation sites (tertiary alicyclic amines) is 1. The normalized spacial score (nSPS) is 22.1. The van der Waals surface area contributed by atoms with Gasteiger partial charge in [0, 0.05) is 12.6 Å². The zero-order valence-electron chi connectivity index (χ0n) is 11.9. The average molecular weight is 284 g/mol. The monoisotopic (exact) mass is 284 g/mol. The predicted molar refractivity (Wildman–Crippen MR) is 70.3 cm³/mol. The summed E-state index contributed by atoms with van der Waals surface area (Å²) < 4.78 is 5.32. The minimum absolute atomic E-state index is 0.446. The van der Waals surface area contributed by atoms with Crippen molar-refractivity contribution in [1.82, 2.24) is 10.1 Å². The van der Waals surface area contributed by atoms with Crippen LogP contribution in [0.3, 0.4) is 0 Å². The third kappa shape index (κ3) is 4.34. The van der Waals surface area contributed by atoms with Crippen molar-refractivity contribution in [3.05, 3.63) is 17.5 Å². The molecule has 0 amide bonds. The van der Waals surface area contributed by atoms with E-state index in [1.807, 2.05) is 6.92 Å². The van der Waals surface area contributed by atoms with Gasteiger partial charge in [-0.3, -0.25) is 4.90 Å². The number of carbonyl (C=O) groups is 2. The quantitative estimate of drug-likeness (QED) is 0.794. The standard InChI is InChI=1S/C11H18N2O.C2H2O4/c1-4-9-6-10(13(3)7-9)11-5-8(2)12-14-11;3-1(4)2(5)6/h5,9-10H,4,6-7H2,1-3H3;(H,3,4)(H,5,6)/t9-,10+;/m1./s1. The van der Waals surface area contributed by atoms with Crippen LogP contribution in [0, 0.1) is 12.8 Å². The van der Waals surface area contributed by atoms with Gasteiger partial charge in [0.2, 0.25) is 0 Å². The van der Waals surface area contributed by atoms with E-state index < -0.39 is 11.9 Å². The largest absolute Gasteiger partial charge is 0.473 e. The second kappa shape index (κ2) is 7.04. The average Bonchev–Trinajstić information content (AvgIpc) is 2.95. The Hall–Kier alpha value is -1.89. The molecular weight excluding hydrogens is 264 g/mol. The Kier molecular flexibility index (Phi) is 5.69. The summed E-state index contributed by atoms with van der Waals surface area (Å²) in [5.41, 5.74) is 0.980. The smallest absolute Gasteiger partial charge is 0.414 e. The molecule has 7 heteroatoms. The van der Waals surface area contributed by atoms with E-state index in [1.165, 1.54) is 19.4 Å². The Morgan fingerprint density at radius 3 is 2.40 bits per heavy atom. The molecular formula is C13H20N2O5. The summed E-state index contributed by atoms with van der Waals surface area (Å²) in [5, 5.41) is 18.7. The molecule has 2 rings (SSSR count). The zero-order valence-corrected chi connectivity index (χ0v) is 11.9. The lowest BCUT2D eigenvalue weighted by Crippen LogP contribution is -2.17. The molecule has 2 N–H and O–H groups in total. The summed E-state index contributed by atoms with van der Waals surface area (Å²) in [5.74, 6) is -1.80. The van der Waals surface area contributed by atoms with Crippen molar-refractivity contribution in [2.45, 2.75) is 32.7 Å². The zero-order chi connectivity index (χ0) is 15.3. The van der Waals surface area contributed by atoms with Crippen LogP contribution in [-0.2, 0) is 9.59 Å². The van der Waals surface area contributed by atoms with E-state index in [0.717, 1.165) is 17.4 Å². The molecule has 112 valence electrons. The molecule has 0 aromatic carbocycles. The van der Waals surface area contributed by atoms with Crippen molar-refractivity contribution in [3.63, 3.8) is 0 Å². The SMILES string of the molecule is CC[C@@H]1C[C@@H](c2cc(C)no2)N(C)C1.O=C(O)C(=O)O. The van der Waals surface area contributed by atoms with Crippen LogP contribution >= 0.6 is 0 Å². The first-order chi connectivity index (χ1) is 9.35. The van der Waals surface area contributed by atoms with Gasteiger partial charge in [-0.15, -0.1) is 0 Å². The highest BCUT2D eigenvalue weighted by Crippen LogP contribution is 2.35. The van der Waals surface area contributed by atoms with Gasteiger partial charge < -0.3 is 14.7 Å². The van der Waals surface area contributed by atoms with Gasteiger partial charge in [-0.2, -0.15) is 0 Å². The van der Waals surface area contributed by atoms with Gasteiger partial charge in [0.1, 0.15) is 0 Å². The van der Waals surface area contributed by atoms with E-state index >= 15 is 0 Å². The number of nitrogens with zero attached hydrogens (tertiary/aromatic N) is 2. The van der Waals surface area contributed by atoms with Crippen LogP contribution in [0.25, 0.3) is 0 Å². The maximum Gasteiger partial charge on any atom is 0.414 e. The molecule has 0 bridgehead atoms. The summed E-state index contributed by atoms with van der Waals surface area (Å²) in [7, 11) is 2.16. The molecule has 1 aromatic heterocycles. The fraction of sp³-hybridized carbons (Fsp3) is 0.615. The number of carboxylic acid groups (broad SMARTS) is 2. The van der Waals surface area contributed by atoms with E-state index in [2.05, 4.69) is 30.1 Å². The molecule has 2 heterocycles. The van der Waals surface area contributed by atoms with Crippen LogP contribution in [-0.4, -0.2) is 45.8 Å². The molecule has 0 saturated carbocycles. The molecule has 1 aromatic rings. The maximum absolute atomic E-state index is 9.10. The lowest BCUT2D eigenvalue weighted by molar-refractivity contribution is -0.159. The molecule has 1 saturated heterocycles. The topological polar surface area (TPSA) is 104 Å². The number of aryl methyl sites for hydroxylation is 1. The first-order valence-corrected chi connectivity index (χ1v) is 6.44. The van der Waals surface area contributed by atoms with Crippen LogP contribution in [0.4, 0.5) is 0 Å². The number of aliphatic carboxylic acids is 2. The van der Waals surface area contributed by atoms with E-state index in [9.17, 15) is 0 Å². The van der Waals surface area contributed by atoms with Gasteiger partial charge in [-0.25, -0.2) is 9.59 Å². The number of hydrogen-bond donors (Lipinski definition) is 2. The van der Waals surface area contributed by atoms with Crippen LogP contribution in [0.2, 0.25) is 0 Å². The highest BCUT2D eigenvalue weighted by molar-refractivity contribution is 6.27. The fourth-order valence-electron chi connectivity index (χ4n) is 2.27. The van der Waals surface area contributed by atoms with Gasteiger partial charge >= 0.3 is 11.9 Å². The van der Waals surface area contributed by atoms with Crippen LogP contribution < -0.4 is 0 Å². The summed E-state index contributed by atoms with van der Waals surface area (Å²) >= 11 is 0. The summed E-state index contributed by atoms with van der Waals surface area (Å²) in [6.45, 7) is 5.41. The van der Waals surface area contributed by atoms with Crippen LogP contribution in [0.1, 0.15) is 37.3 Å². The molecule has 0 unspecified atom stereocenters. The van der Waals surface area contributed by atoms with E-state index in [1.54, 1.807) is 0 Å². The summed E-state index contributed by atoms with van der Waals surface area (Å²) in [4.78, 5) is 20.6. The first kappa shape index (κ1) is 16.2. The Balaban J connectivity index is 0.000000286. The molecule has 0 aliphatic carbocycles. The molecule has 7 nitrogen and oxygen atoms in total. The van der Waals surface area contributed by atoms with Crippen molar-refractivity contribution in [2.75, 3.05) is 13.6 Å². The fourth-order valence-corrected chi connectivity index (χ4v) is 2.27. The van der Waals surface area contributed by atoms with Crippen molar-refractivity contribution in [1.29, 1.82) is 0 Å². The second-order valence-electron chi connectivity index (χ2n) is 4.95. The number of rotatable bonds is 2. The highest BCUT2D eigenvalue weighted by Gasteiger charge is 2.31. The molecule has 1 aliphatic heterocycles. The Morgan fingerprint density at radius 2 is 2.05 bits per heavy atom. The Morgan fingerprint density at radius 1 is 1.45 bits per heavy atom. The van der Waals surface area contributed by atoms with Crippen molar-refractivity contribution >= 4 is 11.9 Å². The third-order valence-corrected chi connectivity index (χ3v) is 3.37. The van der Waals surface area contributed by atoms with Crippen molar-refractivity contribution in [2.24, 2.45) is 5.92 Å². The molecule has 1 aliphatic rings. The minimum atomic E-state index is -1.82. The van der Waals surface area contributed by atoms with Gasteiger partial charge in [-0.1, -0.05) is 18.5 Å². The first-order valence-electron chi connectivity index (χ1n) is 6.44. The van der Waals surface area contributed by atoms with Gasteiger partial charge in [-0.05, 0) is 26.3 Å². The maximum atomic E-state index is 9.10. The van der Waals surface area contributed by atoms with Crippen LogP contribution in [0.5, 0.6) is 0 Å². The van der Waals surface area contributed by atoms with Crippen molar-refractivity contribution in [3.8, 4) is 0 Å². The highest BCUT2D eigenvalue weighted by atomic mass is 16.5. The van der Waals surface area contributed by atoms with Gasteiger partial charge in [0.15, 0.2) is 5.76 Å². The summed E-state index contributed by atoms with van der Waals surface area (Å²) in [6, 6.07) is 2.50. The molecule has 0 spiro atoms. The van der Waals surface area contributed by atoms with Crippen molar-refractivity contribution < 1.29 is 24.3 Å². The lowest BCUT2D eigenvalue weighted by atomic mass is 10.0. The Labute approximate surface area is 117 Å². The molecule has 0 radical (unpaired) electrons. The minimum Gasteiger partial charge on any atom is -0.473 e. The molecule has 20 heavy (non-hydrogen) atoms. The lowest BCUT2D eigenvalue weighted by Gasteiger charge is -2.15. The summed E-state index contributed by atoms with van der Waals surface area (Å²) in [6.07, 6.45) is 2.47. The Bertz CT molecular complexity index is 459. The van der Waals surface area contributed by atoms with E-state index in [-0.39, 0.29) is 0 Å². The number of hydrogen-bond acceptors (Lipinski definition) is 5. The van der Waals surface area contributed by atoms with E-state index in [0.29, 0.717) is 6.04 Å². The van der Waals surface area contributed by atoms with E-state index in [4.69, 9.17) is 24.3 Å². The second-order valence-corrected chi connectivity index (χ2v) is 4.95. The molecule has 1 fully saturated rings. The van der Waals surface area contributed by atoms with Gasteiger partial charge in [0.05, 0.1) is 11.7 Å². The number of aromatic nitrogens is 1. The number of carboxylic acids is 2. The van der Waals surface area contributed by atoms with Gasteiger partial charge in [0.25, 0.3) is 0 Å². The predicted octanol–water partition coefficient (Wildman–Crippen LogP) is 1.54. The van der Waals surface area contributed by atoms with Crippen LogP contribution in [0.15, 0.2) is 10.6 Å².